The topological polar surface area (TPSA) is 35.5 Å². The summed E-state index contributed by atoms with van der Waals surface area (Å²) in [5.41, 5.74) is 5.55. The monoisotopic (exact) mass is 426 g/mol. The van der Waals surface area contributed by atoms with Crippen molar-refractivity contribution in [3.63, 3.8) is 0 Å². The van der Waals surface area contributed by atoms with Crippen LogP contribution in [0.2, 0.25) is 0 Å². The highest BCUT2D eigenvalue weighted by Gasteiger charge is 2.38. The fourth-order valence-corrected chi connectivity index (χ4v) is 5.57. The molecule has 2 aliphatic carbocycles. The highest BCUT2D eigenvalue weighted by molar-refractivity contribution is 5.46. The first kappa shape index (κ1) is 23.9. The lowest BCUT2D eigenvalue weighted by Crippen LogP contribution is -2.44. The summed E-state index contributed by atoms with van der Waals surface area (Å²) in [4.78, 5) is 2.26. The Balaban J connectivity index is 0.000000232. The highest BCUT2D eigenvalue weighted by Crippen LogP contribution is 2.53. The summed E-state index contributed by atoms with van der Waals surface area (Å²) in [5.74, 6) is 1.78. The zero-order valence-corrected chi connectivity index (χ0v) is 18.1. The van der Waals surface area contributed by atoms with Crippen molar-refractivity contribution in [3.8, 4) is 0 Å². The Labute approximate surface area is 187 Å². The van der Waals surface area contributed by atoms with Crippen LogP contribution in [0.3, 0.4) is 0 Å². The molecule has 1 aliphatic heterocycles. The highest BCUT2D eigenvalue weighted by atomic mass is 19.1. The molecule has 1 saturated carbocycles. The lowest BCUT2D eigenvalue weighted by molar-refractivity contribution is 0.180. The molecule has 0 aromatic heterocycles. The number of aliphatic hydroxyl groups is 1. The fourth-order valence-electron chi connectivity index (χ4n) is 5.57. The van der Waals surface area contributed by atoms with Crippen molar-refractivity contribution in [2.45, 2.75) is 51.9 Å². The molecule has 4 heteroatoms. The molecule has 0 unspecified atom stereocenters. The number of aliphatic hydroxyl groups excluding tert-OH is 1. The molecular formula is C27H39FN2O. The van der Waals surface area contributed by atoms with Crippen LogP contribution in [0.25, 0.3) is 0 Å². The van der Waals surface area contributed by atoms with Crippen LogP contribution in [0.5, 0.6) is 0 Å². The van der Waals surface area contributed by atoms with Crippen molar-refractivity contribution >= 4 is 0 Å². The maximum absolute atomic E-state index is 13.8. The summed E-state index contributed by atoms with van der Waals surface area (Å²) in [7, 11) is 0. The molecule has 2 aromatic carbocycles. The Morgan fingerprint density at radius 2 is 1.68 bits per heavy atom. The molecule has 2 N–H and O–H groups in total. The van der Waals surface area contributed by atoms with Crippen LogP contribution in [-0.4, -0.2) is 49.3 Å². The zero-order chi connectivity index (χ0) is 20.9. The van der Waals surface area contributed by atoms with Gasteiger partial charge in [-0.15, -0.1) is 0 Å². The van der Waals surface area contributed by atoms with E-state index in [-0.39, 0.29) is 13.2 Å². The van der Waals surface area contributed by atoms with Crippen LogP contribution in [0.1, 0.15) is 67.7 Å². The Morgan fingerprint density at radius 3 is 2.39 bits per heavy atom. The number of hydrogen-bond donors (Lipinski definition) is 2. The maximum atomic E-state index is 13.8. The summed E-state index contributed by atoms with van der Waals surface area (Å²) in [6.45, 7) is 7.72. The van der Waals surface area contributed by atoms with Gasteiger partial charge in [-0.25, -0.2) is 4.39 Å². The van der Waals surface area contributed by atoms with Crippen LogP contribution in [0, 0.1) is 11.7 Å². The van der Waals surface area contributed by atoms with E-state index in [1.807, 2.05) is 6.07 Å². The summed E-state index contributed by atoms with van der Waals surface area (Å²) in [6.07, 6.45) is 4.66. The summed E-state index contributed by atoms with van der Waals surface area (Å²) < 4.78 is 13.8. The molecule has 170 valence electrons. The second-order valence-corrected chi connectivity index (χ2v) is 8.99. The van der Waals surface area contributed by atoms with Crippen LogP contribution in [0.15, 0.2) is 42.5 Å². The van der Waals surface area contributed by atoms with E-state index in [0.717, 1.165) is 45.1 Å². The number of nitrogens with one attached hydrogen (secondary N) is 1. The van der Waals surface area contributed by atoms with Crippen molar-refractivity contribution in [1.82, 2.24) is 10.2 Å². The number of piperazine rings is 1. The molecule has 3 nitrogen and oxygen atoms in total. The second-order valence-electron chi connectivity index (χ2n) is 8.99. The van der Waals surface area contributed by atoms with Gasteiger partial charge in [-0.3, -0.25) is 4.90 Å². The largest absolute Gasteiger partial charge is 0.395 e. The van der Waals surface area contributed by atoms with Gasteiger partial charge in [0, 0.05) is 32.7 Å². The van der Waals surface area contributed by atoms with Crippen molar-refractivity contribution in [2.75, 3.05) is 39.3 Å². The van der Waals surface area contributed by atoms with Gasteiger partial charge >= 0.3 is 0 Å². The summed E-state index contributed by atoms with van der Waals surface area (Å²) in [6, 6.07) is 14.3. The molecule has 0 spiro atoms. The molecule has 2 fully saturated rings. The lowest BCUT2D eigenvalue weighted by atomic mass is 9.84. The molecule has 1 saturated heterocycles. The molecule has 1 heterocycles. The van der Waals surface area contributed by atoms with Crippen LogP contribution < -0.4 is 5.32 Å². The minimum atomic E-state index is -0.0848. The van der Waals surface area contributed by atoms with E-state index in [9.17, 15) is 4.39 Å². The van der Waals surface area contributed by atoms with Gasteiger partial charge in [0.15, 0.2) is 0 Å². The van der Waals surface area contributed by atoms with Gasteiger partial charge < -0.3 is 10.4 Å². The van der Waals surface area contributed by atoms with Crippen molar-refractivity contribution in [2.24, 2.45) is 5.92 Å². The summed E-state index contributed by atoms with van der Waals surface area (Å²) in [5, 5.41) is 11.8. The number of fused-ring (bicyclic) bond motifs is 5. The lowest BCUT2D eigenvalue weighted by Gasteiger charge is -2.25. The molecule has 3 aliphatic rings. The molecule has 31 heavy (non-hydrogen) atoms. The molecule has 3 atom stereocenters. The third-order valence-corrected chi connectivity index (χ3v) is 7.21. The third kappa shape index (κ3) is 5.54. The number of benzene rings is 2. The van der Waals surface area contributed by atoms with E-state index < -0.39 is 0 Å². The molecule has 0 amide bonds. The van der Waals surface area contributed by atoms with E-state index in [1.54, 1.807) is 12.1 Å². The van der Waals surface area contributed by atoms with Crippen molar-refractivity contribution < 1.29 is 9.50 Å². The van der Waals surface area contributed by atoms with Gasteiger partial charge in [-0.1, -0.05) is 51.1 Å². The first-order valence-electron chi connectivity index (χ1n) is 11.6. The van der Waals surface area contributed by atoms with Gasteiger partial charge in [-0.05, 0) is 71.4 Å². The van der Waals surface area contributed by atoms with E-state index in [2.05, 4.69) is 41.4 Å². The van der Waals surface area contributed by atoms with Gasteiger partial charge in [0.25, 0.3) is 0 Å². The molecular weight excluding hydrogens is 387 g/mol. The van der Waals surface area contributed by atoms with Gasteiger partial charge in [0.2, 0.25) is 0 Å². The quantitative estimate of drug-likeness (QED) is 0.730. The molecule has 2 aromatic rings. The van der Waals surface area contributed by atoms with Gasteiger partial charge in [0.05, 0.1) is 6.61 Å². The molecule has 0 radical (unpaired) electrons. The van der Waals surface area contributed by atoms with Crippen LogP contribution >= 0.6 is 0 Å². The summed E-state index contributed by atoms with van der Waals surface area (Å²) >= 11 is 0. The number of hydrogen-bond acceptors (Lipinski definition) is 3. The Kier molecular flexibility index (Phi) is 8.65. The SMILES string of the molecule is C.CC[C@H]1C[C@@H]2c3ccccc3Cc3ccc(F)cc3[C@H]2C1.OCCN1CCNCC1. The second kappa shape index (κ2) is 11.2. The number of β-amino-alcohol motifs (C(OH)–C–C–N with tert-alkyl or cyclic N) is 1. The standard InChI is InChI=1S/C20H21F.C6H14N2O.CH4/c1-2-13-9-19-17-6-4-3-5-14(17)11-15-7-8-16(21)12-18(15)20(19)10-13;9-6-5-8-3-1-7-2-4-8;/h3-8,12-13,19-20H,2,9-11H2,1H3;7,9H,1-6H2;1H4/t13-,19+,20+;;/m0../s1. The molecule has 0 bridgehead atoms. The average molecular weight is 427 g/mol. The zero-order valence-electron chi connectivity index (χ0n) is 18.1. The van der Waals surface area contributed by atoms with Gasteiger partial charge in [0.1, 0.15) is 5.82 Å². The van der Waals surface area contributed by atoms with Gasteiger partial charge in [-0.2, -0.15) is 0 Å². The van der Waals surface area contributed by atoms with Crippen molar-refractivity contribution in [3.05, 3.63) is 70.5 Å². The Morgan fingerprint density at radius 1 is 1.00 bits per heavy atom. The predicted octanol–water partition coefficient (Wildman–Crippen LogP) is 4.94. The van der Waals surface area contributed by atoms with Crippen molar-refractivity contribution in [1.29, 1.82) is 0 Å². The fraction of sp³-hybridized carbons (Fsp3) is 0.556. The average Bonchev–Trinajstić information content (AvgIpc) is 3.16. The normalized spacial score (nSPS) is 24.5. The molecule has 5 rings (SSSR count). The minimum Gasteiger partial charge on any atom is -0.395 e. The smallest absolute Gasteiger partial charge is 0.123 e. The number of rotatable bonds is 3. The Hall–Kier alpha value is -1.75. The van der Waals surface area contributed by atoms with E-state index >= 15 is 0 Å². The van der Waals surface area contributed by atoms with Crippen LogP contribution in [-0.2, 0) is 6.42 Å². The van der Waals surface area contributed by atoms with E-state index in [0.29, 0.717) is 18.4 Å². The number of nitrogens with zero attached hydrogens (tertiary/aromatic N) is 1. The first-order valence-corrected chi connectivity index (χ1v) is 11.6. The van der Waals surface area contributed by atoms with E-state index in [1.165, 1.54) is 41.5 Å². The predicted molar refractivity (Wildman–Crippen MR) is 127 cm³/mol. The van der Waals surface area contributed by atoms with E-state index in [4.69, 9.17) is 5.11 Å². The van der Waals surface area contributed by atoms with Crippen LogP contribution in [0.4, 0.5) is 4.39 Å². The first-order chi connectivity index (χ1) is 14.7. The third-order valence-electron chi connectivity index (χ3n) is 7.21. The number of halogens is 1. The maximum Gasteiger partial charge on any atom is 0.123 e. The Bertz CT molecular complexity index is 831. The minimum absolute atomic E-state index is 0.